The van der Waals surface area contributed by atoms with Gasteiger partial charge in [-0.15, -0.1) is 0 Å². The number of amides is 3. The van der Waals surface area contributed by atoms with E-state index in [0.717, 1.165) is 31.6 Å². The second-order valence-electron chi connectivity index (χ2n) is 9.07. The van der Waals surface area contributed by atoms with Gasteiger partial charge in [-0.3, -0.25) is 19.8 Å². The van der Waals surface area contributed by atoms with Gasteiger partial charge in [0.05, 0.1) is 23.9 Å². The van der Waals surface area contributed by atoms with E-state index in [9.17, 15) is 19.6 Å². The number of hydrogen-bond donors (Lipinski definition) is 3. The molecule has 2 aromatic heterocycles. The Morgan fingerprint density at radius 2 is 2.03 bits per heavy atom. The lowest BCUT2D eigenvalue weighted by Gasteiger charge is -2.29. The molecule has 2 saturated heterocycles. The largest absolute Gasteiger partial charge is 0.381 e. The molecule has 3 aliphatic heterocycles. The molecule has 2 fully saturated rings. The number of carbonyl (C=O) groups excluding carboxylic acids is 3. The van der Waals surface area contributed by atoms with Gasteiger partial charge in [-0.05, 0) is 43.7 Å². The summed E-state index contributed by atoms with van der Waals surface area (Å²) in [6.07, 6.45) is 7.38. The van der Waals surface area contributed by atoms with Crippen LogP contribution < -0.4 is 20.9 Å². The number of carbonyl (C=O) groups is 3. The van der Waals surface area contributed by atoms with Gasteiger partial charge in [-0.25, -0.2) is 14.8 Å². The fourth-order valence-corrected chi connectivity index (χ4v) is 4.44. The molecule has 3 aliphatic rings. The highest BCUT2D eigenvalue weighted by molar-refractivity contribution is 6.01. The van der Waals surface area contributed by atoms with Gasteiger partial charge in [0, 0.05) is 50.7 Å². The van der Waals surface area contributed by atoms with Crippen molar-refractivity contribution in [2.24, 2.45) is 0 Å². The number of nitriles is 1. The maximum Gasteiger partial charge on any atom is 0.328 e. The van der Waals surface area contributed by atoms with Crippen molar-refractivity contribution < 1.29 is 23.9 Å². The Morgan fingerprint density at radius 3 is 2.68 bits per heavy atom. The number of aldehydes is 1. The average Bonchev–Trinajstić information content (AvgIpc) is 3.69. The van der Waals surface area contributed by atoms with Crippen LogP contribution in [0.4, 0.5) is 22.1 Å². The van der Waals surface area contributed by atoms with E-state index in [1.165, 1.54) is 23.9 Å². The summed E-state index contributed by atoms with van der Waals surface area (Å²) in [5.41, 5.74) is 2.53. The van der Waals surface area contributed by atoms with E-state index in [-0.39, 0.29) is 24.1 Å². The molecule has 12 heteroatoms. The second-order valence-corrected chi connectivity index (χ2v) is 9.07. The molecule has 0 radical (unpaired) electrons. The first-order valence-electron chi connectivity index (χ1n) is 12.7. The molecule has 2 aromatic rings. The summed E-state index contributed by atoms with van der Waals surface area (Å²) in [4.78, 5) is 45.3. The number of aryl methyl sites for hydroxylation is 1. The third kappa shape index (κ3) is 6.81. The average molecular weight is 522 g/mol. The lowest BCUT2D eigenvalue weighted by molar-refractivity contribution is -0.109. The summed E-state index contributed by atoms with van der Waals surface area (Å²) in [7, 11) is 0. The van der Waals surface area contributed by atoms with Crippen LogP contribution in [0, 0.1) is 11.3 Å². The predicted molar refractivity (Wildman–Crippen MR) is 139 cm³/mol. The Bertz CT molecular complexity index is 1180. The van der Waals surface area contributed by atoms with E-state index in [4.69, 9.17) is 9.47 Å². The molecule has 1 unspecified atom stereocenters. The summed E-state index contributed by atoms with van der Waals surface area (Å²) in [6.45, 7) is 3.82. The van der Waals surface area contributed by atoms with Crippen molar-refractivity contribution >= 4 is 36.1 Å². The first-order chi connectivity index (χ1) is 18.6. The van der Waals surface area contributed by atoms with Crippen molar-refractivity contribution in [2.45, 2.75) is 44.7 Å². The molecule has 0 bridgehead atoms. The van der Waals surface area contributed by atoms with Gasteiger partial charge >= 0.3 is 6.03 Å². The Hall–Kier alpha value is -4.08. The summed E-state index contributed by atoms with van der Waals surface area (Å²) in [5, 5.41) is 18.0. The van der Waals surface area contributed by atoms with E-state index in [2.05, 4.69) is 32.0 Å². The first-order valence-corrected chi connectivity index (χ1v) is 12.7. The molecule has 200 valence electrons. The van der Waals surface area contributed by atoms with Crippen LogP contribution in [0.2, 0.25) is 0 Å². The normalized spacial score (nSPS) is 17.9. The van der Waals surface area contributed by atoms with Gasteiger partial charge in [0.2, 0.25) is 6.41 Å². The highest BCUT2D eigenvalue weighted by Gasteiger charge is 2.26. The van der Waals surface area contributed by atoms with Gasteiger partial charge in [0.25, 0.3) is 0 Å². The molecule has 0 aromatic carbocycles. The third-order valence-electron chi connectivity index (χ3n) is 6.38. The zero-order chi connectivity index (χ0) is 26.7. The molecular formula is C26H31N7O5. The number of aromatic nitrogens is 2. The second kappa shape index (κ2) is 13.5. The Kier molecular flexibility index (Phi) is 9.55. The predicted octanol–water partition coefficient (Wildman–Crippen LogP) is 2.39. The number of pyridine rings is 2. The molecule has 5 heterocycles. The molecular weight excluding hydrogens is 490 g/mol. The minimum Gasteiger partial charge on any atom is -0.381 e. The first kappa shape index (κ1) is 27.0. The fraction of sp³-hybridized carbons (Fsp3) is 0.462. The molecule has 0 saturated carbocycles. The van der Waals surface area contributed by atoms with E-state index in [1.807, 2.05) is 0 Å². The molecule has 5 rings (SSSR count). The zero-order valence-corrected chi connectivity index (χ0v) is 21.1. The Labute approximate surface area is 220 Å². The topological polar surface area (TPSA) is 159 Å². The van der Waals surface area contributed by atoms with Gasteiger partial charge in [0.15, 0.2) is 6.29 Å². The molecule has 3 amide bonds. The third-order valence-corrected chi connectivity index (χ3v) is 6.38. The minimum atomic E-state index is -0.438. The number of hydrogen-bond acceptors (Lipinski definition) is 9. The molecule has 38 heavy (non-hydrogen) atoms. The van der Waals surface area contributed by atoms with Crippen LogP contribution >= 0.6 is 0 Å². The number of rotatable bonds is 7. The fourth-order valence-electron chi connectivity index (χ4n) is 4.44. The summed E-state index contributed by atoms with van der Waals surface area (Å²) >= 11 is 0. The maximum atomic E-state index is 13.1. The number of ether oxygens (including phenoxy) is 2. The van der Waals surface area contributed by atoms with Crippen molar-refractivity contribution in [3.05, 3.63) is 40.7 Å². The highest BCUT2D eigenvalue weighted by atomic mass is 16.5. The van der Waals surface area contributed by atoms with Crippen LogP contribution in [-0.2, 0) is 27.2 Å². The van der Waals surface area contributed by atoms with Crippen LogP contribution in [0.15, 0.2) is 18.3 Å². The number of nitrogens with zero attached hydrogens (tertiary/aromatic N) is 4. The molecule has 1 atom stereocenters. The maximum absolute atomic E-state index is 13.1. The Balaban J connectivity index is 0.000000603. The van der Waals surface area contributed by atoms with Crippen LogP contribution in [-0.4, -0.2) is 67.7 Å². The molecule has 12 nitrogen and oxygen atoms in total. The van der Waals surface area contributed by atoms with E-state index in [0.29, 0.717) is 61.5 Å². The lowest BCUT2D eigenvalue weighted by atomic mass is 10.0. The quantitative estimate of drug-likeness (QED) is 0.465. The Morgan fingerprint density at radius 1 is 1.18 bits per heavy atom. The molecule has 0 aliphatic carbocycles. The number of nitrogens with one attached hydrogen (secondary N) is 3. The van der Waals surface area contributed by atoms with Crippen LogP contribution in [0.5, 0.6) is 0 Å². The van der Waals surface area contributed by atoms with Crippen molar-refractivity contribution in [3.8, 4) is 6.07 Å². The summed E-state index contributed by atoms with van der Waals surface area (Å²) < 4.78 is 10.3. The lowest BCUT2D eigenvalue weighted by Crippen LogP contribution is -2.40. The van der Waals surface area contributed by atoms with Crippen molar-refractivity contribution in [3.63, 3.8) is 0 Å². The number of urea groups is 1. The van der Waals surface area contributed by atoms with Crippen molar-refractivity contribution in [1.29, 1.82) is 5.26 Å². The van der Waals surface area contributed by atoms with E-state index < -0.39 is 6.03 Å². The molecule has 3 N–H and O–H groups in total. The van der Waals surface area contributed by atoms with Gasteiger partial charge < -0.3 is 20.1 Å². The SMILES string of the molecule is C1CCOC1.N#Cc1cnc(NC(=O)N2CCCc3cc(CNC=O)c(C=O)nc32)cc1NC1CCOC1. The number of fused-ring (bicyclic) bond motifs is 1. The van der Waals surface area contributed by atoms with Crippen molar-refractivity contribution in [1.82, 2.24) is 15.3 Å². The summed E-state index contributed by atoms with van der Waals surface area (Å²) in [5.74, 6) is 0.695. The monoisotopic (exact) mass is 521 g/mol. The standard InChI is InChI=1S/C22H23N7O4.C4H8O/c23-8-16-10-25-20(7-18(16)26-17-3-5-33-12-17)28-22(32)29-4-1-2-14-6-15(9-24-13-31)19(11-30)27-21(14)29;1-2-4-5-3-1/h6-7,10-11,13,17H,1-5,9,12H2,(H,24,31)(H2,25,26,28,32);1-4H2. The van der Waals surface area contributed by atoms with Crippen LogP contribution in [0.1, 0.15) is 52.9 Å². The van der Waals surface area contributed by atoms with Crippen LogP contribution in [0.3, 0.4) is 0 Å². The van der Waals surface area contributed by atoms with Gasteiger partial charge in [0.1, 0.15) is 23.4 Å². The highest BCUT2D eigenvalue weighted by Crippen LogP contribution is 2.28. The molecule has 0 spiro atoms. The van der Waals surface area contributed by atoms with E-state index >= 15 is 0 Å². The summed E-state index contributed by atoms with van der Waals surface area (Å²) in [6, 6.07) is 5.17. The van der Waals surface area contributed by atoms with Gasteiger partial charge in [-0.1, -0.05) is 0 Å². The minimum absolute atomic E-state index is 0.0888. The van der Waals surface area contributed by atoms with Crippen LogP contribution in [0.25, 0.3) is 0 Å². The van der Waals surface area contributed by atoms with Crippen molar-refractivity contribution in [2.75, 3.05) is 48.5 Å². The number of anilines is 3. The zero-order valence-electron chi connectivity index (χ0n) is 21.1. The van der Waals surface area contributed by atoms with E-state index in [1.54, 1.807) is 12.1 Å². The van der Waals surface area contributed by atoms with Gasteiger partial charge in [-0.2, -0.15) is 5.26 Å². The smallest absolute Gasteiger partial charge is 0.328 e.